The highest BCUT2D eigenvalue weighted by molar-refractivity contribution is 8.00. The minimum Gasteiger partial charge on any atom is -0.465 e. The lowest BCUT2D eigenvalue weighted by molar-refractivity contribution is -0.113. The normalized spacial score (nSPS) is 13.6. The number of hydrogen-bond acceptors (Lipinski definition) is 6. The zero-order valence-electron chi connectivity index (χ0n) is 17.9. The third-order valence-corrected chi connectivity index (χ3v) is 6.40. The molecule has 0 bridgehead atoms. The third-order valence-electron chi connectivity index (χ3n) is 5.42. The number of fused-ring (bicyclic) bond motifs is 1. The Labute approximate surface area is 199 Å². The van der Waals surface area contributed by atoms with Crippen LogP contribution >= 0.6 is 11.8 Å². The molecule has 4 aromatic rings. The van der Waals surface area contributed by atoms with Crippen molar-refractivity contribution in [2.45, 2.75) is 17.9 Å². The number of carbonyl (C=O) groups excluding carboxylic acids is 1. The number of pyridine rings is 1. The van der Waals surface area contributed by atoms with Crippen LogP contribution in [0.3, 0.4) is 0 Å². The number of thioether (sulfide) groups is 1. The van der Waals surface area contributed by atoms with Gasteiger partial charge in [-0.2, -0.15) is 5.26 Å². The second-order valence-electron chi connectivity index (χ2n) is 7.61. The van der Waals surface area contributed by atoms with Crippen LogP contribution in [-0.2, 0) is 11.2 Å². The van der Waals surface area contributed by atoms with Gasteiger partial charge in [0, 0.05) is 11.3 Å². The van der Waals surface area contributed by atoms with E-state index in [1.165, 1.54) is 36.0 Å². The number of allylic oxidation sites excluding steroid dienone is 1. The monoisotopic (exact) mass is 471 g/mol. The molecular formula is C26H18FN3O3S. The summed E-state index contributed by atoms with van der Waals surface area (Å²) in [7, 11) is 0. The Bertz CT molecular complexity index is 1400. The molecule has 3 aromatic heterocycles. The smallest absolute Gasteiger partial charge is 0.234 e. The first-order chi connectivity index (χ1) is 16.6. The molecule has 0 saturated heterocycles. The number of nitriles is 1. The number of rotatable bonds is 6. The zero-order chi connectivity index (χ0) is 23.5. The van der Waals surface area contributed by atoms with Crippen molar-refractivity contribution >= 4 is 35.0 Å². The number of nitrogens with zero attached hydrogens (tertiary/aromatic N) is 2. The second-order valence-corrected chi connectivity index (χ2v) is 8.58. The van der Waals surface area contributed by atoms with Gasteiger partial charge in [-0.05, 0) is 78.6 Å². The van der Waals surface area contributed by atoms with E-state index in [4.69, 9.17) is 13.8 Å². The van der Waals surface area contributed by atoms with Crippen LogP contribution in [-0.4, -0.2) is 16.6 Å². The van der Waals surface area contributed by atoms with Crippen molar-refractivity contribution < 1.29 is 18.0 Å². The fraction of sp³-hybridized carbons (Fsp3) is 0.115. The summed E-state index contributed by atoms with van der Waals surface area (Å²) in [5.41, 5.74) is 4.32. The first-order valence-electron chi connectivity index (χ1n) is 10.6. The predicted molar refractivity (Wildman–Crippen MR) is 127 cm³/mol. The molecular weight excluding hydrogens is 453 g/mol. The van der Waals surface area contributed by atoms with Gasteiger partial charge in [0.1, 0.15) is 28.4 Å². The van der Waals surface area contributed by atoms with E-state index in [-0.39, 0.29) is 17.5 Å². The lowest BCUT2D eigenvalue weighted by Crippen LogP contribution is -2.14. The molecule has 0 fully saturated rings. The van der Waals surface area contributed by atoms with Gasteiger partial charge in [0.05, 0.1) is 29.5 Å². The Morgan fingerprint density at radius 3 is 2.65 bits per heavy atom. The molecule has 34 heavy (non-hydrogen) atoms. The van der Waals surface area contributed by atoms with Gasteiger partial charge in [-0.15, -0.1) is 0 Å². The van der Waals surface area contributed by atoms with Gasteiger partial charge in [-0.25, -0.2) is 9.37 Å². The van der Waals surface area contributed by atoms with Crippen LogP contribution in [0.4, 0.5) is 10.1 Å². The standard InChI is InChI=1S/C26H18FN3O3S/c27-17-6-8-18(9-7-17)29-23(31)15-34-26-21(14-28)24(22-4-2-12-33-22)20-10-5-16(25(20)30-26)13-19-3-1-11-32-19/h1-4,6-9,11-13H,5,10,15H2,(H,29,31). The summed E-state index contributed by atoms with van der Waals surface area (Å²) in [5, 5.41) is 13.2. The predicted octanol–water partition coefficient (Wildman–Crippen LogP) is 6.16. The maximum atomic E-state index is 13.1. The van der Waals surface area contributed by atoms with Crippen LogP contribution in [0.25, 0.3) is 23.0 Å². The van der Waals surface area contributed by atoms with Crippen LogP contribution in [0, 0.1) is 17.1 Å². The highest BCUT2D eigenvalue weighted by atomic mass is 32.2. The molecule has 1 amide bonds. The number of furan rings is 2. The van der Waals surface area contributed by atoms with Gasteiger partial charge in [0.15, 0.2) is 0 Å². The van der Waals surface area contributed by atoms with E-state index in [9.17, 15) is 14.4 Å². The number of hydrogen-bond donors (Lipinski definition) is 1. The number of nitrogens with one attached hydrogen (secondary N) is 1. The Balaban J connectivity index is 1.49. The molecule has 0 saturated carbocycles. The van der Waals surface area contributed by atoms with Gasteiger partial charge in [-0.1, -0.05) is 11.8 Å². The van der Waals surface area contributed by atoms with Crippen LogP contribution in [0.1, 0.15) is 29.0 Å². The maximum absolute atomic E-state index is 13.1. The summed E-state index contributed by atoms with van der Waals surface area (Å²) in [6, 6.07) is 15.1. The van der Waals surface area contributed by atoms with Gasteiger partial charge in [0.2, 0.25) is 5.91 Å². The molecule has 8 heteroatoms. The molecule has 0 aliphatic heterocycles. The summed E-state index contributed by atoms with van der Waals surface area (Å²) >= 11 is 1.18. The Morgan fingerprint density at radius 1 is 1.15 bits per heavy atom. The summed E-state index contributed by atoms with van der Waals surface area (Å²) in [4.78, 5) is 17.3. The number of anilines is 1. The number of carbonyl (C=O) groups is 1. The number of amides is 1. The highest BCUT2D eigenvalue weighted by Crippen LogP contribution is 2.43. The van der Waals surface area contributed by atoms with E-state index in [0.29, 0.717) is 27.6 Å². The highest BCUT2D eigenvalue weighted by Gasteiger charge is 2.28. The molecule has 0 spiro atoms. The Hall–Kier alpha value is -4.09. The molecule has 168 valence electrons. The topological polar surface area (TPSA) is 92.1 Å². The van der Waals surface area contributed by atoms with E-state index < -0.39 is 0 Å². The van der Waals surface area contributed by atoms with Crippen molar-refractivity contribution in [3.8, 4) is 17.4 Å². The molecule has 0 radical (unpaired) electrons. The largest absolute Gasteiger partial charge is 0.465 e. The maximum Gasteiger partial charge on any atom is 0.234 e. The molecule has 0 unspecified atom stereocenters. The molecule has 1 aliphatic rings. The number of aromatic nitrogens is 1. The Morgan fingerprint density at radius 2 is 1.94 bits per heavy atom. The summed E-state index contributed by atoms with van der Waals surface area (Å²) in [6.07, 6.45) is 6.60. The van der Waals surface area contributed by atoms with E-state index >= 15 is 0 Å². The van der Waals surface area contributed by atoms with Crippen LogP contribution in [0.5, 0.6) is 0 Å². The van der Waals surface area contributed by atoms with E-state index in [1.54, 1.807) is 18.6 Å². The van der Waals surface area contributed by atoms with Crippen molar-refractivity contribution in [2.75, 3.05) is 11.1 Å². The van der Waals surface area contributed by atoms with E-state index in [1.807, 2.05) is 24.3 Å². The van der Waals surface area contributed by atoms with E-state index in [2.05, 4.69) is 11.4 Å². The minimum atomic E-state index is -0.378. The number of benzene rings is 1. The van der Waals surface area contributed by atoms with Crippen molar-refractivity contribution in [1.29, 1.82) is 5.26 Å². The molecule has 5 rings (SSSR count). The molecule has 1 aromatic carbocycles. The SMILES string of the molecule is N#Cc1c(SCC(=O)Nc2ccc(F)cc2)nc2c(c1-c1ccco1)CCC2=Cc1ccco1. The van der Waals surface area contributed by atoms with Crippen molar-refractivity contribution in [3.05, 3.63) is 89.5 Å². The van der Waals surface area contributed by atoms with Crippen LogP contribution in [0.2, 0.25) is 0 Å². The van der Waals surface area contributed by atoms with E-state index in [0.717, 1.165) is 35.4 Å². The quantitative estimate of drug-likeness (QED) is 0.339. The average Bonchev–Trinajstić information content (AvgIpc) is 3.62. The fourth-order valence-corrected chi connectivity index (χ4v) is 4.73. The molecule has 3 heterocycles. The lowest BCUT2D eigenvalue weighted by atomic mass is 10.00. The zero-order valence-corrected chi connectivity index (χ0v) is 18.7. The van der Waals surface area contributed by atoms with Gasteiger partial charge in [0.25, 0.3) is 0 Å². The minimum absolute atomic E-state index is 0.0344. The molecule has 1 N–H and O–H groups in total. The summed E-state index contributed by atoms with van der Waals surface area (Å²) in [5.74, 6) is 0.687. The fourth-order valence-electron chi connectivity index (χ4n) is 3.94. The number of halogens is 1. The lowest BCUT2D eigenvalue weighted by Gasteiger charge is -2.13. The molecule has 1 aliphatic carbocycles. The molecule has 0 atom stereocenters. The Kier molecular flexibility index (Phi) is 6.02. The van der Waals surface area contributed by atoms with Crippen LogP contribution in [0.15, 0.2) is 74.9 Å². The van der Waals surface area contributed by atoms with Gasteiger partial charge >= 0.3 is 0 Å². The first kappa shape index (κ1) is 21.7. The molecule has 6 nitrogen and oxygen atoms in total. The van der Waals surface area contributed by atoms with Crippen LogP contribution < -0.4 is 5.32 Å². The van der Waals surface area contributed by atoms with Crippen molar-refractivity contribution in [2.24, 2.45) is 0 Å². The summed E-state index contributed by atoms with van der Waals surface area (Å²) < 4.78 is 24.3. The summed E-state index contributed by atoms with van der Waals surface area (Å²) in [6.45, 7) is 0. The van der Waals surface area contributed by atoms with Crippen molar-refractivity contribution in [1.82, 2.24) is 4.98 Å². The van der Waals surface area contributed by atoms with Crippen molar-refractivity contribution in [3.63, 3.8) is 0 Å². The first-order valence-corrected chi connectivity index (χ1v) is 11.5. The third kappa shape index (κ3) is 4.38. The second kappa shape index (κ2) is 9.41. The van der Waals surface area contributed by atoms with Gasteiger partial charge < -0.3 is 14.2 Å². The average molecular weight is 472 g/mol. The van der Waals surface area contributed by atoms with Gasteiger partial charge in [-0.3, -0.25) is 4.79 Å².